The average molecular weight is 248 g/mol. The zero-order valence-electron chi connectivity index (χ0n) is 9.85. The van der Waals surface area contributed by atoms with Gasteiger partial charge >= 0.3 is 0 Å². The molecule has 1 aliphatic heterocycles. The lowest BCUT2D eigenvalue weighted by Crippen LogP contribution is -2.44. The van der Waals surface area contributed by atoms with Crippen LogP contribution in [0.5, 0.6) is 0 Å². The minimum atomic E-state index is -3.44. The van der Waals surface area contributed by atoms with Gasteiger partial charge in [-0.2, -0.15) is 0 Å². The third-order valence-corrected chi connectivity index (χ3v) is 5.65. The molecule has 0 aromatic rings. The lowest BCUT2D eigenvalue weighted by molar-refractivity contribution is -0.129. The van der Waals surface area contributed by atoms with Gasteiger partial charge in [-0.1, -0.05) is 0 Å². The van der Waals surface area contributed by atoms with E-state index in [1.165, 1.54) is 6.92 Å². The summed E-state index contributed by atoms with van der Waals surface area (Å²) in [7, 11) is -3.44. The van der Waals surface area contributed by atoms with Crippen LogP contribution in [0, 0.1) is 0 Å². The van der Waals surface area contributed by atoms with Crippen LogP contribution in [-0.4, -0.2) is 49.4 Å². The average Bonchev–Trinajstić information content (AvgIpc) is 2.79. The fraction of sp³-hybridized carbons (Fsp3) is 0.900. The summed E-state index contributed by atoms with van der Waals surface area (Å²) in [6.45, 7) is 4.41. The second-order valence-electron chi connectivity index (χ2n) is 4.31. The summed E-state index contributed by atoms with van der Waals surface area (Å²) >= 11 is 0. The molecule has 1 saturated heterocycles. The maximum Gasteiger partial charge on any atom is 0.240 e. The highest BCUT2D eigenvalue weighted by atomic mass is 32.2. The summed E-state index contributed by atoms with van der Waals surface area (Å²) in [5.74, 6) is -0.280. The van der Waals surface area contributed by atoms with E-state index in [0.717, 1.165) is 12.8 Å². The number of nitrogens with zero attached hydrogens (tertiary/aromatic N) is 1. The molecule has 0 aromatic carbocycles. The maximum atomic E-state index is 11.9. The van der Waals surface area contributed by atoms with Gasteiger partial charge in [0.15, 0.2) is 9.84 Å². The van der Waals surface area contributed by atoms with Crippen molar-refractivity contribution < 1.29 is 13.2 Å². The van der Waals surface area contributed by atoms with E-state index in [1.54, 1.807) is 11.8 Å². The van der Waals surface area contributed by atoms with Crippen LogP contribution in [-0.2, 0) is 14.6 Å². The molecule has 2 atom stereocenters. The summed E-state index contributed by atoms with van der Waals surface area (Å²) in [6.07, 6.45) is 1.93. The van der Waals surface area contributed by atoms with E-state index < -0.39 is 20.3 Å². The number of carbonyl (C=O) groups excluding carboxylic acids is 1. The van der Waals surface area contributed by atoms with E-state index in [0.29, 0.717) is 13.1 Å². The molecular formula is C10H20N2O3S. The lowest BCUT2D eigenvalue weighted by Gasteiger charge is -2.22. The zero-order chi connectivity index (χ0) is 12.3. The van der Waals surface area contributed by atoms with Crippen molar-refractivity contribution in [1.29, 1.82) is 0 Å². The third kappa shape index (κ3) is 2.55. The lowest BCUT2D eigenvalue weighted by atomic mass is 10.4. The molecule has 94 valence electrons. The molecule has 1 heterocycles. The standard InChI is InChI=1S/C10H20N2O3S/c1-8(7-11)16(14,15)9(2)10(13)12-5-3-4-6-12/h8-9H,3-7,11H2,1-2H3. The smallest absolute Gasteiger partial charge is 0.240 e. The molecule has 16 heavy (non-hydrogen) atoms. The summed E-state index contributed by atoms with van der Waals surface area (Å²) in [5, 5.41) is -1.63. The Morgan fingerprint density at radius 2 is 1.81 bits per heavy atom. The first-order chi connectivity index (χ1) is 7.41. The predicted molar refractivity (Wildman–Crippen MR) is 62.7 cm³/mol. The SMILES string of the molecule is CC(CN)S(=O)(=O)C(C)C(=O)N1CCCC1. The van der Waals surface area contributed by atoms with E-state index >= 15 is 0 Å². The summed E-state index contributed by atoms with van der Waals surface area (Å²) in [4.78, 5) is 13.5. The van der Waals surface area contributed by atoms with Gasteiger partial charge in [-0.25, -0.2) is 8.42 Å². The molecule has 2 N–H and O–H groups in total. The van der Waals surface area contributed by atoms with E-state index in [-0.39, 0.29) is 12.5 Å². The Morgan fingerprint density at radius 3 is 2.25 bits per heavy atom. The van der Waals surface area contributed by atoms with Gasteiger partial charge in [0.1, 0.15) is 5.25 Å². The molecule has 1 aliphatic rings. The fourth-order valence-corrected chi connectivity index (χ4v) is 3.21. The van der Waals surface area contributed by atoms with Gasteiger partial charge in [-0.15, -0.1) is 0 Å². The molecule has 1 rings (SSSR count). The van der Waals surface area contributed by atoms with Gasteiger partial charge in [-0.3, -0.25) is 4.79 Å². The molecule has 0 aromatic heterocycles. The number of amides is 1. The van der Waals surface area contributed by atoms with E-state index in [4.69, 9.17) is 5.73 Å². The highest BCUT2D eigenvalue weighted by Crippen LogP contribution is 2.15. The summed E-state index contributed by atoms with van der Waals surface area (Å²) in [5.41, 5.74) is 5.35. The van der Waals surface area contributed by atoms with Crippen LogP contribution in [0.4, 0.5) is 0 Å². The van der Waals surface area contributed by atoms with E-state index in [1.807, 2.05) is 0 Å². The largest absolute Gasteiger partial charge is 0.342 e. The van der Waals surface area contributed by atoms with Gasteiger partial charge in [0, 0.05) is 19.6 Å². The first-order valence-electron chi connectivity index (χ1n) is 5.62. The van der Waals surface area contributed by atoms with Crippen LogP contribution in [0.25, 0.3) is 0 Å². The van der Waals surface area contributed by atoms with Crippen molar-refractivity contribution in [1.82, 2.24) is 4.90 Å². The van der Waals surface area contributed by atoms with Crippen molar-refractivity contribution in [3.8, 4) is 0 Å². The summed E-state index contributed by atoms with van der Waals surface area (Å²) in [6, 6.07) is 0. The second kappa shape index (κ2) is 5.14. The number of nitrogens with two attached hydrogens (primary N) is 1. The van der Waals surface area contributed by atoms with E-state index in [9.17, 15) is 13.2 Å². The van der Waals surface area contributed by atoms with Crippen molar-refractivity contribution in [2.24, 2.45) is 5.73 Å². The van der Waals surface area contributed by atoms with Crippen molar-refractivity contribution in [2.75, 3.05) is 19.6 Å². The molecule has 6 heteroatoms. The van der Waals surface area contributed by atoms with Gasteiger partial charge < -0.3 is 10.6 Å². The number of carbonyl (C=O) groups is 1. The predicted octanol–water partition coefficient (Wildman–Crippen LogP) is -0.241. The Labute approximate surface area is 96.9 Å². The maximum absolute atomic E-state index is 11.9. The Balaban J connectivity index is 2.76. The molecule has 0 spiro atoms. The molecule has 0 radical (unpaired) electrons. The Hall–Kier alpha value is -0.620. The van der Waals surface area contributed by atoms with Crippen molar-refractivity contribution >= 4 is 15.7 Å². The van der Waals surface area contributed by atoms with Crippen LogP contribution in [0.2, 0.25) is 0 Å². The topological polar surface area (TPSA) is 80.5 Å². The van der Waals surface area contributed by atoms with Crippen molar-refractivity contribution in [3.05, 3.63) is 0 Å². The number of hydrogen-bond donors (Lipinski definition) is 1. The number of rotatable bonds is 4. The molecule has 0 saturated carbocycles. The normalized spacial score (nSPS) is 20.8. The van der Waals surface area contributed by atoms with Crippen LogP contribution >= 0.6 is 0 Å². The highest BCUT2D eigenvalue weighted by molar-refractivity contribution is 7.93. The van der Waals surface area contributed by atoms with Crippen molar-refractivity contribution in [2.45, 2.75) is 37.2 Å². The van der Waals surface area contributed by atoms with Crippen LogP contribution in [0.15, 0.2) is 0 Å². The van der Waals surface area contributed by atoms with Gasteiger partial charge in [-0.05, 0) is 26.7 Å². The monoisotopic (exact) mass is 248 g/mol. The minimum Gasteiger partial charge on any atom is -0.342 e. The number of hydrogen-bond acceptors (Lipinski definition) is 4. The molecule has 0 aliphatic carbocycles. The fourth-order valence-electron chi connectivity index (χ4n) is 1.82. The molecule has 5 nitrogen and oxygen atoms in total. The zero-order valence-corrected chi connectivity index (χ0v) is 10.7. The van der Waals surface area contributed by atoms with E-state index in [2.05, 4.69) is 0 Å². The highest BCUT2D eigenvalue weighted by Gasteiger charge is 2.35. The minimum absolute atomic E-state index is 0.0555. The van der Waals surface area contributed by atoms with Crippen LogP contribution < -0.4 is 5.73 Å². The Kier molecular flexibility index (Phi) is 4.32. The molecule has 1 fully saturated rings. The van der Waals surface area contributed by atoms with Gasteiger partial charge in [0.25, 0.3) is 0 Å². The van der Waals surface area contributed by atoms with Crippen LogP contribution in [0.3, 0.4) is 0 Å². The molecular weight excluding hydrogens is 228 g/mol. The van der Waals surface area contributed by atoms with Gasteiger partial charge in [0.05, 0.1) is 5.25 Å². The molecule has 1 amide bonds. The first-order valence-corrected chi connectivity index (χ1v) is 7.23. The third-order valence-electron chi connectivity index (χ3n) is 3.15. The number of sulfone groups is 1. The first kappa shape index (κ1) is 13.4. The van der Waals surface area contributed by atoms with Gasteiger partial charge in [0.2, 0.25) is 5.91 Å². The Morgan fingerprint density at radius 1 is 1.31 bits per heavy atom. The molecule has 0 bridgehead atoms. The molecule has 2 unspecified atom stereocenters. The second-order valence-corrected chi connectivity index (χ2v) is 7.00. The quantitative estimate of drug-likeness (QED) is 0.744. The number of likely N-dealkylation sites (tertiary alicyclic amines) is 1. The Bertz CT molecular complexity index is 347. The summed E-state index contributed by atoms with van der Waals surface area (Å²) < 4.78 is 23.9. The van der Waals surface area contributed by atoms with Crippen LogP contribution in [0.1, 0.15) is 26.7 Å². The van der Waals surface area contributed by atoms with Crippen molar-refractivity contribution in [3.63, 3.8) is 0 Å².